The molecule has 0 atom stereocenters. The monoisotopic (exact) mass is 262 g/mol. The molecule has 1 heterocycles. The predicted molar refractivity (Wildman–Crippen MR) is 76.4 cm³/mol. The summed E-state index contributed by atoms with van der Waals surface area (Å²) in [6.45, 7) is 2.27. The number of thiophene rings is 1. The molecular formula is C16H22OS. The molecule has 0 aliphatic heterocycles. The third kappa shape index (κ3) is 2.27. The molecule has 1 aromatic heterocycles. The van der Waals surface area contributed by atoms with Crippen molar-refractivity contribution >= 4 is 17.1 Å². The predicted octanol–water partition coefficient (Wildman–Crippen LogP) is 4.64. The Bertz CT molecular complexity index is 416. The maximum absolute atomic E-state index is 12.5. The molecule has 1 aromatic rings. The number of aryl methyl sites for hydroxylation is 2. The highest BCUT2D eigenvalue weighted by atomic mass is 32.1. The number of rotatable bonds is 3. The molecule has 1 saturated carbocycles. The van der Waals surface area contributed by atoms with Crippen LogP contribution in [0.4, 0.5) is 0 Å². The maximum Gasteiger partial charge on any atom is 0.175 e. The van der Waals surface area contributed by atoms with Crippen LogP contribution in [0.5, 0.6) is 0 Å². The topological polar surface area (TPSA) is 17.1 Å². The molecule has 98 valence electrons. The summed E-state index contributed by atoms with van der Waals surface area (Å²) in [6, 6.07) is 2.20. The van der Waals surface area contributed by atoms with Gasteiger partial charge in [-0.2, -0.15) is 0 Å². The Morgan fingerprint density at radius 3 is 2.72 bits per heavy atom. The first kappa shape index (κ1) is 12.4. The van der Waals surface area contributed by atoms with Gasteiger partial charge in [0.15, 0.2) is 5.78 Å². The van der Waals surface area contributed by atoms with Crippen LogP contribution in [0, 0.1) is 11.8 Å². The van der Waals surface area contributed by atoms with Gasteiger partial charge < -0.3 is 0 Å². The summed E-state index contributed by atoms with van der Waals surface area (Å²) in [4.78, 5) is 15.1. The Morgan fingerprint density at radius 1 is 1.28 bits per heavy atom. The lowest BCUT2D eigenvalue weighted by Gasteiger charge is -2.26. The van der Waals surface area contributed by atoms with E-state index in [0.29, 0.717) is 11.7 Å². The third-order valence-corrected chi connectivity index (χ3v) is 6.04. The van der Waals surface area contributed by atoms with Gasteiger partial charge in [0, 0.05) is 10.8 Å². The highest BCUT2D eigenvalue weighted by Gasteiger charge is 2.28. The van der Waals surface area contributed by atoms with E-state index in [4.69, 9.17) is 0 Å². The molecule has 1 nitrogen and oxygen atoms in total. The van der Waals surface area contributed by atoms with Crippen molar-refractivity contribution in [3.63, 3.8) is 0 Å². The number of fused-ring (bicyclic) bond motifs is 1. The van der Waals surface area contributed by atoms with Gasteiger partial charge in [-0.25, -0.2) is 0 Å². The van der Waals surface area contributed by atoms with Crippen molar-refractivity contribution < 1.29 is 4.79 Å². The summed E-state index contributed by atoms with van der Waals surface area (Å²) in [5.41, 5.74) is 1.46. The van der Waals surface area contributed by atoms with E-state index < -0.39 is 0 Å². The first-order valence-electron chi connectivity index (χ1n) is 7.43. The minimum Gasteiger partial charge on any atom is -0.293 e. The minimum atomic E-state index is 0.326. The summed E-state index contributed by atoms with van der Waals surface area (Å²) in [5.74, 6) is 1.65. The van der Waals surface area contributed by atoms with Crippen LogP contribution < -0.4 is 0 Å². The Hall–Kier alpha value is -0.630. The lowest BCUT2D eigenvalue weighted by atomic mass is 9.79. The van der Waals surface area contributed by atoms with Crippen molar-refractivity contribution in [3.8, 4) is 0 Å². The first-order valence-corrected chi connectivity index (χ1v) is 8.25. The average Bonchev–Trinajstić information content (AvgIpc) is 2.99. The lowest BCUT2D eigenvalue weighted by Crippen LogP contribution is -2.21. The van der Waals surface area contributed by atoms with Crippen molar-refractivity contribution in [1.29, 1.82) is 0 Å². The number of hydrogen-bond acceptors (Lipinski definition) is 2. The molecule has 0 bridgehead atoms. The van der Waals surface area contributed by atoms with Gasteiger partial charge in [0.2, 0.25) is 0 Å². The number of carbonyl (C=O) groups excluding carboxylic acids is 1. The summed E-state index contributed by atoms with van der Waals surface area (Å²) < 4.78 is 0. The molecule has 0 aromatic carbocycles. The summed E-state index contributed by atoms with van der Waals surface area (Å²) >= 11 is 1.78. The zero-order valence-corrected chi connectivity index (χ0v) is 12.0. The Balaban J connectivity index is 1.67. The first-order chi connectivity index (χ1) is 8.78. The number of ketones is 1. The van der Waals surface area contributed by atoms with Gasteiger partial charge in [-0.1, -0.05) is 13.3 Å². The van der Waals surface area contributed by atoms with Gasteiger partial charge >= 0.3 is 0 Å². The van der Waals surface area contributed by atoms with Crippen LogP contribution in [0.3, 0.4) is 0 Å². The molecule has 2 aliphatic carbocycles. The fourth-order valence-corrected chi connectivity index (χ4v) is 4.76. The SMILES string of the molecule is CCC1CCC(C(=O)c2cc3c(s2)CCC3)CC1. The second-order valence-electron chi connectivity index (χ2n) is 5.90. The summed E-state index contributed by atoms with van der Waals surface area (Å²) in [5, 5.41) is 0. The van der Waals surface area contributed by atoms with Gasteiger partial charge in [0.25, 0.3) is 0 Å². The van der Waals surface area contributed by atoms with Gasteiger partial charge in [-0.15, -0.1) is 11.3 Å². The van der Waals surface area contributed by atoms with Crippen LogP contribution in [0.2, 0.25) is 0 Å². The molecule has 0 spiro atoms. The molecule has 0 saturated heterocycles. The second kappa shape index (κ2) is 5.16. The largest absolute Gasteiger partial charge is 0.293 e. The standard InChI is InChI=1S/C16H22OS/c1-2-11-6-8-12(9-7-11)16(17)15-10-13-4-3-5-14(13)18-15/h10-12H,2-9H2,1H3. The second-order valence-corrected chi connectivity index (χ2v) is 7.04. The van der Waals surface area contributed by atoms with Crippen molar-refractivity contribution in [1.82, 2.24) is 0 Å². The highest BCUT2D eigenvalue weighted by molar-refractivity contribution is 7.14. The quantitative estimate of drug-likeness (QED) is 0.725. The smallest absolute Gasteiger partial charge is 0.175 e. The molecular weight excluding hydrogens is 240 g/mol. The van der Waals surface area contributed by atoms with Crippen LogP contribution in [-0.4, -0.2) is 5.78 Å². The number of carbonyl (C=O) groups is 1. The van der Waals surface area contributed by atoms with Crippen molar-refractivity contribution in [2.24, 2.45) is 11.8 Å². The van der Waals surface area contributed by atoms with Gasteiger partial charge in [0.05, 0.1) is 4.88 Å². The Kier molecular flexibility index (Phi) is 3.56. The van der Waals surface area contributed by atoms with Gasteiger partial charge in [-0.05, 0) is 62.5 Å². The van der Waals surface area contributed by atoms with Gasteiger partial charge in [-0.3, -0.25) is 4.79 Å². The summed E-state index contributed by atoms with van der Waals surface area (Å²) in [6.07, 6.45) is 9.75. The molecule has 1 fully saturated rings. The van der Waals surface area contributed by atoms with E-state index in [0.717, 1.165) is 23.6 Å². The van der Waals surface area contributed by atoms with Crippen LogP contribution in [0.15, 0.2) is 6.07 Å². The molecule has 3 rings (SSSR count). The average molecular weight is 262 g/mol. The lowest BCUT2D eigenvalue weighted by molar-refractivity contribution is 0.0875. The van der Waals surface area contributed by atoms with Crippen molar-refractivity contribution in [2.45, 2.75) is 58.3 Å². The Labute approximate surface area is 114 Å². The van der Waals surface area contributed by atoms with Crippen molar-refractivity contribution in [2.75, 3.05) is 0 Å². The molecule has 18 heavy (non-hydrogen) atoms. The van der Waals surface area contributed by atoms with Crippen LogP contribution in [0.1, 0.15) is 65.6 Å². The maximum atomic E-state index is 12.5. The van der Waals surface area contributed by atoms with Crippen LogP contribution >= 0.6 is 11.3 Å². The van der Waals surface area contributed by atoms with E-state index in [1.807, 2.05) is 0 Å². The van der Waals surface area contributed by atoms with E-state index in [1.165, 1.54) is 49.0 Å². The van der Waals surface area contributed by atoms with Crippen molar-refractivity contribution in [3.05, 3.63) is 21.4 Å². The highest BCUT2D eigenvalue weighted by Crippen LogP contribution is 2.36. The zero-order chi connectivity index (χ0) is 12.5. The molecule has 2 heteroatoms. The number of hydrogen-bond donors (Lipinski definition) is 0. The molecule has 2 aliphatic rings. The molecule has 0 unspecified atom stereocenters. The van der Waals surface area contributed by atoms with E-state index in [-0.39, 0.29) is 0 Å². The molecule has 0 N–H and O–H groups in total. The fourth-order valence-electron chi connectivity index (χ4n) is 3.48. The molecule has 0 amide bonds. The van der Waals surface area contributed by atoms with Crippen LogP contribution in [-0.2, 0) is 12.8 Å². The normalized spacial score (nSPS) is 27.2. The minimum absolute atomic E-state index is 0.326. The zero-order valence-electron chi connectivity index (χ0n) is 11.2. The van der Waals surface area contributed by atoms with E-state index >= 15 is 0 Å². The summed E-state index contributed by atoms with van der Waals surface area (Å²) in [7, 11) is 0. The fraction of sp³-hybridized carbons (Fsp3) is 0.688. The Morgan fingerprint density at radius 2 is 2.06 bits per heavy atom. The number of Topliss-reactive ketones (excluding diaryl/α,β-unsaturated/α-hetero) is 1. The van der Waals surface area contributed by atoms with Gasteiger partial charge in [0.1, 0.15) is 0 Å². The van der Waals surface area contributed by atoms with Crippen LogP contribution in [0.25, 0.3) is 0 Å². The van der Waals surface area contributed by atoms with E-state index in [2.05, 4.69) is 13.0 Å². The third-order valence-electron chi connectivity index (χ3n) is 4.78. The molecule has 0 radical (unpaired) electrons. The van der Waals surface area contributed by atoms with E-state index in [9.17, 15) is 4.79 Å². The van der Waals surface area contributed by atoms with E-state index in [1.54, 1.807) is 11.3 Å².